The van der Waals surface area contributed by atoms with Crippen molar-refractivity contribution in [2.24, 2.45) is 0 Å². The standard InChI is InChI=1S/C16H16ClN3S/c1-11-15(21-10-19-11)9-20(2)16-14-6-4-3-5-13(14)12(7-17)8-18-16/h3-6,8,10H,7,9H2,1-2H3. The highest BCUT2D eigenvalue weighted by Crippen LogP contribution is 2.28. The Kier molecular flexibility index (Phi) is 4.08. The fourth-order valence-corrected chi connectivity index (χ4v) is 3.46. The van der Waals surface area contributed by atoms with E-state index >= 15 is 0 Å². The zero-order valence-corrected chi connectivity index (χ0v) is 13.6. The largest absolute Gasteiger partial charge is 0.354 e. The van der Waals surface area contributed by atoms with Crippen molar-refractivity contribution in [2.75, 3.05) is 11.9 Å². The lowest BCUT2D eigenvalue weighted by Crippen LogP contribution is -2.18. The summed E-state index contributed by atoms with van der Waals surface area (Å²) in [5.74, 6) is 1.46. The first-order valence-electron chi connectivity index (χ1n) is 6.73. The molecule has 0 N–H and O–H groups in total. The molecule has 0 spiro atoms. The highest BCUT2D eigenvalue weighted by molar-refractivity contribution is 7.09. The zero-order valence-electron chi connectivity index (χ0n) is 12.0. The monoisotopic (exact) mass is 317 g/mol. The fourth-order valence-electron chi connectivity index (χ4n) is 2.42. The van der Waals surface area contributed by atoms with Gasteiger partial charge in [-0.05, 0) is 17.9 Å². The lowest BCUT2D eigenvalue weighted by atomic mass is 10.1. The van der Waals surface area contributed by atoms with Crippen molar-refractivity contribution in [1.29, 1.82) is 0 Å². The van der Waals surface area contributed by atoms with Gasteiger partial charge in [0.25, 0.3) is 0 Å². The summed E-state index contributed by atoms with van der Waals surface area (Å²) in [6.45, 7) is 2.86. The molecule has 21 heavy (non-hydrogen) atoms. The van der Waals surface area contributed by atoms with Crippen molar-refractivity contribution in [3.63, 3.8) is 0 Å². The summed E-state index contributed by atoms with van der Waals surface area (Å²) >= 11 is 7.70. The van der Waals surface area contributed by atoms with Gasteiger partial charge >= 0.3 is 0 Å². The molecule has 2 heterocycles. The van der Waals surface area contributed by atoms with E-state index in [0.29, 0.717) is 5.88 Å². The molecule has 0 saturated carbocycles. The molecule has 0 amide bonds. The fraction of sp³-hybridized carbons (Fsp3) is 0.250. The molecule has 0 atom stereocenters. The van der Waals surface area contributed by atoms with Gasteiger partial charge in [-0.25, -0.2) is 9.97 Å². The van der Waals surface area contributed by atoms with Crippen LogP contribution in [0.15, 0.2) is 36.0 Å². The van der Waals surface area contributed by atoms with E-state index in [1.807, 2.05) is 30.8 Å². The third kappa shape index (κ3) is 2.74. The lowest BCUT2D eigenvalue weighted by Gasteiger charge is -2.20. The van der Waals surface area contributed by atoms with Crippen molar-refractivity contribution in [2.45, 2.75) is 19.3 Å². The average molecular weight is 318 g/mol. The quantitative estimate of drug-likeness (QED) is 0.669. The van der Waals surface area contributed by atoms with E-state index in [2.05, 4.69) is 34.0 Å². The molecule has 3 aromatic rings. The van der Waals surface area contributed by atoms with Crippen LogP contribution < -0.4 is 4.90 Å². The summed E-state index contributed by atoms with van der Waals surface area (Å²) in [6.07, 6.45) is 1.88. The number of hydrogen-bond acceptors (Lipinski definition) is 4. The van der Waals surface area contributed by atoms with Crippen LogP contribution in [0.3, 0.4) is 0 Å². The van der Waals surface area contributed by atoms with Gasteiger partial charge in [-0.15, -0.1) is 22.9 Å². The summed E-state index contributed by atoms with van der Waals surface area (Å²) in [5.41, 5.74) is 4.05. The Morgan fingerprint density at radius 1 is 1.19 bits per heavy atom. The molecule has 5 heteroatoms. The van der Waals surface area contributed by atoms with Crippen LogP contribution in [0, 0.1) is 6.92 Å². The van der Waals surface area contributed by atoms with Crippen LogP contribution in [-0.4, -0.2) is 17.0 Å². The van der Waals surface area contributed by atoms with Gasteiger partial charge in [0.2, 0.25) is 0 Å². The molecule has 0 fully saturated rings. The SMILES string of the molecule is Cc1ncsc1CN(C)c1ncc(CCl)c2ccccc12. The number of hydrogen-bond donors (Lipinski definition) is 0. The number of thiazole rings is 1. The number of pyridine rings is 1. The second-order valence-corrected chi connectivity index (χ2v) is 6.21. The Morgan fingerprint density at radius 2 is 1.95 bits per heavy atom. The van der Waals surface area contributed by atoms with E-state index in [-0.39, 0.29) is 0 Å². The Bertz CT molecular complexity index is 769. The number of halogens is 1. The summed E-state index contributed by atoms with van der Waals surface area (Å²) in [5, 5.41) is 2.31. The topological polar surface area (TPSA) is 29.0 Å². The normalized spacial score (nSPS) is 11.0. The summed E-state index contributed by atoms with van der Waals surface area (Å²) < 4.78 is 0. The average Bonchev–Trinajstić information content (AvgIpc) is 2.91. The van der Waals surface area contributed by atoms with Gasteiger partial charge in [0.15, 0.2) is 0 Å². The van der Waals surface area contributed by atoms with Crippen LogP contribution >= 0.6 is 22.9 Å². The molecule has 0 bridgehead atoms. The van der Waals surface area contributed by atoms with Gasteiger partial charge in [-0.3, -0.25) is 0 Å². The van der Waals surface area contributed by atoms with E-state index in [4.69, 9.17) is 11.6 Å². The number of rotatable bonds is 4. The third-order valence-electron chi connectivity index (χ3n) is 3.59. The molecular weight excluding hydrogens is 302 g/mol. The molecule has 2 aromatic heterocycles. The van der Waals surface area contributed by atoms with Crippen LogP contribution in [0.5, 0.6) is 0 Å². The van der Waals surface area contributed by atoms with Crippen LogP contribution in [0.4, 0.5) is 5.82 Å². The van der Waals surface area contributed by atoms with E-state index in [9.17, 15) is 0 Å². The zero-order chi connectivity index (χ0) is 14.8. The minimum Gasteiger partial charge on any atom is -0.354 e. The molecular formula is C16H16ClN3S. The predicted molar refractivity (Wildman–Crippen MR) is 90.3 cm³/mol. The molecule has 0 saturated heterocycles. The minimum absolute atomic E-state index is 0.478. The van der Waals surface area contributed by atoms with Gasteiger partial charge in [0, 0.05) is 29.4 Å². The maximum absolute atomic E-state index is 6.01. The van der Waals surface area contributed by atoms with Crippen LogP contribution in [-0.2, 0) is 12.4 Å². The molecule has 3 nitrogen and oxygen atoms in total. The van der Waals surface area contributed by atoms with Crippen molar-refractivity contribution >= 4 is 39.5 Å². The Labute approximate surface area is 133 Å². The Balaban J connectivity index is 2.02. The maximum atomic E-state index is 6.01. The number of aryl methyl sites for hydroxylation is 1. The van der Waals surface area contributed by atoms with Crippen molar-refractivity contribution in [3.05, 3.63) is 52.1 Å². The van der Waals surface area contributed by atoms with Gasteiger partial charge < -0.3 is 4.90 Å². The van der Waals surface area contributed by atoms with E-state index in [1.54, 1.807) is 11.3 Å². The van der Waals surface area contributed by atoms with Crippen LogP contribution in [0.2, 0.25) is 0 Å². The van der Waals surface area contributed by atoms with Gasteiger partial charge in [0.05, 0.1) is 17.7 Å². The molecule has 1 aromatic carbocycles. The van der Waals surface area contributed by atoms with Crippen molar-refractivity contribution in [3.8, 4) is 0 Å². The van der Waals surface area contributed by atoms with Crippen molar-refractivity contribution < 1.29 is 0 Å². The molecule has 0 unspecified atom stereocenters. The van der Waals surface area contributed by atoms with E-state index < -0.39 is 0 Å². The van der Waals surface area contributed by atoms with Crippen LogP contribution in [0.1, 0.15) is 16.1 Å². The number of nitrogens with zero attached hydrogens (tertiary/aromatic N) is 3. The van der Waals surface area contributed by atoms with E-state index in [1.165, 1.54) is 10.3 Å². The third-order valence-corrected chi connectivity index (χ3v) is 4.80. The number of fused-ring (bicyclic) bond motifs is 1. The molecule has 0 aliphatic rings. The smallest absolute Gasteiger partial charge is 0.136 e. The van der Waals surface area contributed by atoms with Gasteiger partial charge in [-0.2, -0.15) is 0 Å². The first kappa shape index (κ1) is 14.3. The highest BCUT2D eigenvalue weighted by atomic mass is 35.5. The summed E-state index contributed by atoms with van der Waals surface area (Å²) in [4.78, 5) is 12.4. The van der Waals surface area contributed by atoms with E-state index in [0.717, 1.165) is 29.0 Å². The molecule has 108 valence electrons. The minimum atomic E-state index is 0.478. The number of aromatic nitrogens is 2. The molecule has 0 aliphatic carbocycles. The molecule has 3 rings (SSSR count). The van der Waals surface area contributed by atoms with Crippen molar-refractivity contribution in [1.82, 2.24) is 9.97 Å². The first-order chi connectivity index (χ1) is 10.2. The Morgan fingerprint density at radius 3 is 2.62 bits per heavy atom. The van der Waals surface area contributed by atoms with Gasteiger partial charge in [-0.1, -0.05) is 24.3 Å². The number of benzene rings is 1. The first-order valence-corrected chi connectivity index (χ1v) is 8.15. The number of alkyl halides is 1. The summed E-state index contributed by atoms with van der Waals surface area (Å²) in [6, 6.07) is 8.28. The van der Waals surface area contributed by atoms with Gasteiger partial charge in [0.1, 0.15) is 5.82 Å². The molecule has 0 aliphatic heterocycles. The number of anilines is 1. The second-order valence-electron chi connectivity index (χ2n) is 5.00. The molecule has 0 radical (unpaired) electrons. The van der Waals surface area contributed by atoms with Crippen LogP contribution in [0.25, 0.3) is 10.8 Å². The lowest BCUT2D eigenvalue weighted by molar-refractivity contribution is 0.907. The second kappa shape index (κ2) is 6.00. The Hall–Kier alpha value is -1.65. The maximum Gasteiger partial charge on any atom is 0.136 e. The summed E-state index contributed by atoms with van der Waals surface area (Å²) in [7, 11) is 2.06. The highest BCUT2D eigenvalue weighted by Gasteiger charge is 2.12. The predicted octanol–water partition coefficient (Wildman–Crippen LogP) is 4.37.